The summed E-state index contributed by atoms with van der Waals surface area (Å²) < 4.78 is 27.0. The fraction of sp³-hybridized carbons (Fsp3) is 0.143. The number of nitrogens with two attached hydrogens (primary N) is 1. The normalized spacial score (nSPS) is 11.4. The van der Waals surface area contributed by atoms with Gasteiger partial charge in [-0.3, -0.25) is 4.72 Å². The molecular formula is C14H14Cl2N2O2S. The maximum Gasteiger partial charge on any atom is 0.261 e. The van der Waals surface area contributed by atoms with Crippen LogP contribution in [0.25, 0.3) is 0 Å². The Kier molecular flexibility index (Phi) is 5.11. The Bertz CT molecular complexity index is 731. The minimum absolute atomic E-state index is 0.152. The van der Waals surface area contributed by atoms with E-state index in [1.807, 2.05) is 0 Å². The first-order valence-electron chi connectivity index (χ1n) is 6.19. The highest BCUT2D eigenvalue weighted by molar-refractivity contribution is 7.92. The van der Waals surface area contributed by atoms with Crippen LogP contribution in [0.15, 0.2) is 47.4 Å². The third kappa shape index (κ3) is 4.11. The van der Waals surface area contributed by atoms with Crippen LogP contribution < -0.4 is 10.5 Å². The molecule has 0 bridgehead atoms. The molecule has 7 heteroatoms. The molecule has 0 spiro atoms. The lowest BCUT2D eigenvalue weighted by molar-refractivity contribution is 0.601. The van der Waals surface area contributed by atoms with E-state index in [0.29, 0.717) is 18.0 Å². The van der Waals surface area contributed by atoms with Crippen LogP contribution in [0, 0.1) is 0 Å². The number of hydrogen-bond donors (Lipinski definition) is 2. The van der Waals surface area contributed by atoms with Gasteiger partial charge in [0.1, 0.15) is 0 Å². The first-order chi connectivity index (χ1) is 9.92. The Balaban J connectivity index is 2.27. The molecule has 2 rings (SSSR count). The van der Waals surface area contributed by atoms with E-state index in [0.717, 1.165) is 5.56 Å². The molecule has 0 atom stereocenters. The Hall–Kier alpha value is -1.27. The number of hydrogen-bond acceptors (Lipinski definition) is 3. The summed E-state index contributed by atoms with van der Waals surface area (Å²) in [5.74, 6) is 0. The van der Waals surface area contributed by atoms with Gasteiger partial charge in [0.2, 0.25) is 0 Å². The summed E-state index contributed by atoms with van der Waals surface area (Å²) in [4.78, 5) is 0.152. The van der Waals surface area contributed by atoms with Crippen molar-refractivity contribution in [2.24, 2.45) is 5.73 Å². The van der Waals surface area contributed by atoms with E-state index in [2.05, 4.69) is 4.72 Å². The highest BCUT2D eigenvalue weighted by Gasteiger charge is 2.15. The highest BCUT2D eigenvalue weighted by Crippen LogP contribution is 2.27. The molecule has 0 saturated heterocycles. The fourth-order valence-electron chi connectivity index (χ4n) is 1.78. The molecule has 0 fully saturated rings. The lowest BCUT2D eigenvalue weighted by Gasteiger charge is -2.10. The van der Waals surface area contributed by atoms with Crippen molar-refractivity contribution in [1.82, 2.24) is 0 Å². The first-order valence-corrected chi connectivity index (χ1v) is 8.43. The summed E-state index contributed by atoms with van der Waals surface area (Å²) in [6, 6.07) is 11.1. The number of rotatable bonds is 5. The second-order valence-corrected chi connectivity index (χ2v) is 6.94. The van der Waals surface area contributed by atoms with Crippen LogP contribution in [-0.2, 0) is 16.4 Å². The number of halogens is 2. The Labute approximate surface area is 133 Å². The van der Waals surface area contributed by atoms with E-state index in [-0.39, 0.29) is 15.6 Å². The average Bonchev–Trinajstić information content (AvgIpc) is 2.44. The summed E-state index contributed by atoms with van der Waals surface area (Å²) in [5.41, 5.74) is 6.69. The number of sulfonamides is 1. The zero-order chi connectivity index (χ0) is 15.5. The van der Waals surface area contributed by atoms with Crippen LogP contribution in [0.4, 0.5) is 5.69 Å². The first kappa shape index (κ1) is 16.1. The molecule has 0 aliphatic rings. The number of nitrogens with one attached hydrogen (secondary N) is 1. The molecule has 0 heterocycles. The molecule has 0 radical (unpaired) electrons. The van der Waals surface area contributed by atoms with Crippen LogP contribution in [0.3, 0.4) is 0 Å². The quantitative estimate of drug-likeness (QED) is 0.873. The zero-order valence-corrected chi connectivity index (χ0v) is 13.3. The zero-order valence-electron chi connectivity index (χ0n) is 11.0. The SMILES string of the molecule is NCCc1ccc(S(=O)(=O)Nc2cc(Cl)ccc2Cl)cc1. The lowest BCUT2D eigenvalue weighted by Crippen LogP contribution is -2.13. The van der Waals surface area contributed by atoms with E-state index in [1.165, 1.54) is 24.3 Å². The van der Waals surface area contributed by atoms with Gasteiger partial charge in [-0.25, -0.2) is 8.42 Å². The van der Waals surface area contributed by atoms with Crippen LogP contribution in [-0.4, -0.2) is 15.0 Å². The highest BCUT2D eigenvalue weighted by atomic mass is 35.5. The Morgan fingerprint density at radius 2 is 1.71 bits per heavy atom. The third-order valence-corrected chi connectivity index (χ3v) is 4.79. The molecule has 112 valence electrons. The van der Waals surface area contributed by atoms with Gasteiger partial charge in [0.25, 0.3) is 10.0 Å². The lowest BCUT2D eigenvalue weighted by atomic mass is 10.2. The predicted octanol–water partition coefficient (Wildman–Crippen LogP) is 3.30. The Morgan fingerprint density at radius 3 is 2.33 bits per heavy atom. The second-order valence-electron chi connectivity index (χ2n) is 4.41. The predicted molar refractivity (Wildman–Crippen MR) is 86.5 cm³/mol. The maximum absolute atomic E-state index is 12.3. The summed E-state index contributed by atoms with van der Waals surface area (Å²) in [6.45, 7) is 0.516. The number of anilines is 1. The molecule has 0 aliphatic carbocycles. The second kappa shape index (κ2) is 6.66. The van der Waals surface area contributed by atoms with Gasteiger partial charge in [0.15, 0.2) is 0 Å². The molecule has 0 unspecified atom stereocenters. The summed E-state index contributed by atoms with van der Waals surface area (Å²) >= 11 is 11.8. The van der Waals surface area contributed by atoms with Crippen LogP contribution in [0.2, 0.25) is 10.0 Å². The van der Waals surface area contributed by atoms with Gasteiger partial charge in [-0.1, -0.05) is 35.3 Å². The molecule has 3 N–H and O–H groups in total. The largest absolute Gasteiger partial charge is 0.330 e. The van der Waals surface area contributed by atoms with Gasteiger partial charge in [0.05, 0.1) is 15.6 Å². The fourth-order valence-corrected chi connectivity index (χ4v) is 3.24. The summed E-state index contributed by atoms with van der Waals surface area (Å²) in [5, 5.41) is 0.679. The summed E-state index contributed by atoms with van der Waals surface area (Å²) in [7, 11) is -3.71. The maximum atomic E-state index is 12.3. The minimum atomic E-state index is -3.71. The molecule has 21 heavy (non-hydrogen) atoms. The van der Waals surface area contributed by atoms with Crippen molar-refractivity contribution in [3.05, 3.63) is 58.1 Å². The van der Waals surface area contributed by atoms with Crippen LogP contribution >= 0.6 is 23.2 Å². The monoisotopic (exact) mass is 344 g/mol. The van der Waals surface area contributed by atoms with Crippen molar-refractivity contribution in [1.29, 1.82) is 0 Å². The van der Waals surface area contributed by atoms with E-state index >= 15 is 0 Å². The van der Waals surface area contributed by atoms with Crippen LogP contribution in [0.5, 0.6) is 0 Å². The molecular weight excluding hydrogens is 331 g/mol. The average molecular weight is 345 g/mol. The van der Waals surface area contributed by atoms with Gasteiger partial charge in [-0.05, 0) is 48.9 Å². The minimum Gasteiger partial charge on any atom is -0.330 e. The van der Waals surface area contributed by atoms with Gasteiger partial charge in [-0.15, -0.1) is 0 Å². The topological polar surface area (TPSA) is 72.2 Å². The van der Waals surface area contributed by atoms with Crippen molar-refractivity contribution >= 4 is 38.9 Å². The molecule has 0 aromatic heterocycles. The van der Waals surface area contributed by atoms with E-state index in [1.54, 1.807) is 18.2 Å². The van der Waals surface area contributed by atoms with E-state index in [9.17, 15) is 8.42 Å². The van der Waals surface area contributed by atoms with Gasteiger partial charge < -0.3 is 5.73 Å². The molecule has 0 saturated carbocycles. The van der Waals surface area contributed by atoms with Crippen molar-refractivity contribution in [3.8, 4) is 0 Å². The van der Waals surface area contributed by atoms with Crippen molar-refractivity contribution in [3.63, 3.8) is 0 Å². The van der Waals surface area contributed by atoms with Crippen molar-refractivity contribution in [2.75, 3.05) is 11.3 Å². The van der Waals surface area contributed by atoms with E-state index in [4.69, 9.17) is 28.9 Å². The van der Waals surface area contributed by atoms with Gasteiger partial charge >= 0.3 is 0 Å². The summed E-state index contributed by atoms with van der Waals surface area (Å²) in [6.07, 6.45) is 0.702. The smallest absolute Gasteiger partial charge is 0.261 e. The molecule has 2 aromatic rings. The van der Waals surface area contributed by atoms with Gasteiger partial charge in [-0.2, -0.15) is 0 Å². The molecule has 4 nitrogen and oxygen atoms in total. The van der Waals surface area contributed by atoms with Gasteiger partial charge in [0, 0.05) is 5.02 Å². The van der Waals surface area contributed by atoms with Crippen molar-refractivity contribution < 1.29 is 8.42 Å². The molecule has 0 aliphatic heterocycles. The third-order valence-electron chi connectivity index (χ3n) is 2.84. The van der Waals surface area contributed by atoms with E-state index < -0.39 is 10.0 Å². The van der Waals surface area contributed by atoms with Crippen molar-refractivity contribution in [2.45, 2.75) is 11.3 Å². The van der Waals surface area contributed by atoms with Crippen LogP contribution in [0.1, 0.15) is 5.56 Å². The Morgan fingerprint density at radius 1 is 1.05 bits per heavy atom. The molecule has 2 aromatic carbocycles. The number of benzene rings is 2. The standard InChI is InChI=1S/C14H14Cl2N2O2S/c15-11-3-6-13(16)14(9-11)18-21(19,20)12-4-1-10(2-5-12)7-8-17/h1-6,9,18H,7-8,17H2. The molecule has 0 amide bonds.